The third-order valence-electron chi connectivity index (χ3n) is 2.98. The van der Waals surface area contributed by atoms with Gasteiger partial charge in [-0.25, -0.2) is 9.78 Å². The zero-order valence-electron chi connectivity index (χ0n) is 13.7. The number of nitrogens with one attached hydrogen (secondary N) is 1. The summed E-state index contributed by atoms with van der Waals surface area (Å²) >= 11 is 0. The van der Waals surface area contributed by atoms with Crippen molar-refractivity contribution in [3.05, 3.63) is 37.1 Å². The summed E-state index contributed by atoms with van der Waals surface area (Å²) in [6, 6.07) is -0.196. The molecule has 23 heavy (non-hydrogen) atoms. The Labute approximate surface area is 135 Å². The number of ether oxygens (including phenoxy) is 1. The monoisotopic (exact) mass is 321 g/mol. The van der Waals surface area contributed by atoms with Crippen molar-refractivity contribution in [1.29, 1.82) is 0 Å². The molecule has 0 aliphatic carbocycles. The Hall–Kier alpha value is -2.12. The smallest absolute Gasteiger partial charge is 0.410 e. The molecule has 2 rings (SSSR count). The molecular formula is C16H23N3O4. The minimum absolute atomic E-state index is 0.196. The van der Waals surface area contributed by atoms with Gasteiger partial charge in [0.2, 0.25) is 5.89 Å². The largest absolute Gasteiger partial charge is 0.445 e. The van der Waals surface area contributed by atoms with Crippen LogP contribution in [-0.4, -0.2) is 47.3 Å². The molecule has 0 bridgehead atoms. The van der Waals surface area contributed by atoms with Crippen LogP contribution in [0.15, 0.2) is 35.6 Å². The Kier molecular flexibility index (Phi) is 5.57. The number of nitrogens with zero attached hydrogens (tertiary/aromatic N) is 2. The SMILES string of the molecule is C=CCONC1C=C(c2ncco2)CN(C(=O)OC(C)(C)C)C1. The van der Waals surface area contributed by atoms with Crippen LogP contribution < -0.4 is 5.48 Å². The van der Waals surface area contributed by atoms with E-state index in [0.717, 1.165) is 5.57 Å². The van der Waals surface area contributed by atoms with Crippen LogP contribution in [0.4, 0.5) is 4.79 Å². The molecule has 1 N–H and O–H groups in total. The van der Waals surface area contributed by atoms with Gasteiger partial charge in [0.25, 0.3) is 0 Å². The van der Waals surface area contributed by atoms with Crippen molar-refractivity contribution in [2.45, 2.75) is 32.4 Å². The molecule has 0 radical (unpaired) electrons. The summed E-state index contributed by atoms with van der Waals surface area (Å²) in [6.07, 6.45) is 6.26. The van der Waals surface area contributed by atoms with Crippen LogP contribution in [0, 0.1) is 0 Å². The number of rotatable bonds is 5. The average Bonchev–Trinajstić information content (AvgIpc) is 3.00. The van der Waals surface area contributed by atoms with E-state index in [9.17, 15) is 4.79 Å². The fourth-order valence-corrected chi connectivity index (χ4v) is 2.13. The van der Waals surface area contributed by atoms with Gasteiger partial charge in [0.15, 0.2) is 0 Å². The van der Waals surface area contributed by atoms with Crippen LogP contribution in [0.2, 0.25) is 0 Å². The molecule has 0 fully saturated rings. The molecule has 7 nitrogen and oxygen atoms in total. The highest BCUT2D eigenvalue weighted by molar-refractivity contribution is 5.73. The van der Waals surface area contributed by atoms with E-state index in [4.69, 9.17) is 14.0 Å². The fourth-order valence-electron chi connectivity index (χ4n) is 2.13. The van der Waals surface area contributed by atoms with Gasteiger partial charge in [-0.05, 0) is 20.8 Å². The van der Waals surface area contributed by atoms with E-state index in [1.807, 2.05) is 26.8 Å². The molecule has 0 aromatic carbocycles. The van der Waals surface area contributed by atoms with Crippen molar-refractivity contribution in [3.63, 3.8) is 0 Å². The van der Waals surface area contributed by atoms with Crippen molar-refractivity contribution < 1.29 is 18.8 Å². The van der Waals surface area contributed by atoms with Crippen LogP contribution >= 0.6 is 0 Å². The third kappa shape index (κ3) is 5.22. The van der Waals surface area contributed by atoms with Gasteiger partial charge in [0.1, 0.15) is 11.9 Å². The van der Waals surface area contributed by atoms with Gasteiger partial charge in [-0.1, -0.05) is 12.2 Å². The molecule has 1 aliphatic rings. The quantitative estimate of drug-likeness (QED) is 0.510. The summed E-state index contributed by atoms with van der Waals surface area (Å²) in [5.41, 5.74) is 3.14. The first-order valence-corrected chi connectivity index (χ1v) is 7.46. The van der Waals surface area contributed by atoms with Crippen molar-refractivity contribution in [3.8, 4) is 0 Å². The van der Waals surface area contributed by atoms with Gasteiger partial charge in [0.05, 0.1) is 25.4 Å². The molecule has 1 aromatic heterocycles. The zero-order chi connectivity index (χ0) is 16.9. The predicted molar refractivity (Wildman–Crippen MR) is 85.4 cm³/mol. The Balaban J connectivity index is 2.11. The minimum atomic E-state index is -0.552. The lowest BCUT2D eigenvalue weighted by molar-refractivity contribution is 0.0117. The second kappa shape index (κ2) is 7.43. The molecule has 1 atom stereocenters. The number of hydroxylamine groups is 1. The predicted octanol–water partition coefficient (Wildman–Crippen LogP) is 2.38. The number of hydrogen-bond acceptors (Lipinski definition) is 6. The summed E-state index contributed by atoms with van der Waals surface area (Å²) in [6.45, 7) is 10.3. The van der Waals surface area contributed by atoms with Crippen molar-refractivity contribution in [2.24, 2.45) is 0 Å². The molecule has 1 unspecified atom stereocenters. The van der Waals surface area contributed by atoms with E-state index in [0.29, 0.717) is 25.6 Å². The Morgan fingerprint density at radius 3 is 3.00 bits per heavy atom. The van der Waals surface area contributed by atoms with E-state index in [1.54, 1.807) is 17.2 Å². The molecule has 0 saturated carbocycles. The van der Waals surface area contributed by atoms with E-state index >= 15 is 0 Å². The maximum atomic E-state index is 12.3. The van der Waals surface area contributed by atoms with E-state index in [-0.39, 0.29) is 12.1 Å². The highest BCUT2D eigenvalue weighted by atomic mass is 16.6. The number of carbonyl (C=O) groups is 1. The summed E-state index contributed by atoms with van der Waals surface area (Å²) in [7, 11) is 0. The van der Waals surface area contributed by atoms with Gasteiger partial charge in [-0.15, -0.1) is 6.58 Å². The first-order chi connectivity index (χ1) is 10.9. The molecule has 0 spiro atoms. The number of aromatic nitrogens is 1. The second-order valence-electron chi connectivity index (χ2n) is 6.21. The Morgan fingerprint density at radius 2 is 2.39 bits per heavy atom. The third-order valence-corrected chi connectivity index (χ3v) is 2.98. The standard InChI is InChI=1S/C16H23N3O4/c1-5-7-22-18-13-9-12(14-17-6-8-21-14)10-19(11-13)15(20)23-16(2,3)4/h5-6,8-9,13,18H,1,7,10-11H2,2-4H3. The molecular weight excluding hydrogens is 298 g/mol. The van der Waals surface area contributed by atoms with E-state index in [2.05, 4.69) is 17.0 Å². The summed E-state index contributed by atoms with van der Waals surface area (Å²) in [4.78, 5) is 23.4. The number of amides is 1. The molecule has 126 valence electrons. The minimum Gasteiger partial charge on any atom is -0.445 e. The lowest BCUT2D eigenvalue weighted by atomic mass is 10.1. The molecule has 1 aliphatic heterocycles. The van der Waals surface area contributed by atoms with Crippen molar-refractivity contribution in [2.75, 3.05) is 19.7 Å². The molecule has 7 heteroatoms. The number of oxazole rings is 1. The average molecular weight is 321 g/mol. The zero-order valence-corrected chi connectivity index (χ0v) is 13.7. The highest BCUT2D eigenvalue weighted by Gasteiger charge is 2.29. The van der Waals surface area contributed by atoms with Gasteiger partial charge in [-0.2, -0.15) is 5.48 Å². The number of carbonyl (C=O) groups excluding carboxylic acids is 1. The van der Waals surface area contributed by atoms with Crippen LogP contribution in [-0.2, 0) is 9.57 Å². The summed E-state index contributed by atoms with van der Waals surface area (Å²) < 4.78 is 10.8. The Morgan fingerprint density at radius 1 is 1.61 bits per heavy atom. The first-order valence-electron chi connectivity index (χ1n) is 7.46. The molecule has 0 saturated heterocycles. The van der Waals surface area contributed by atoms with Gasteiger partial charge in [0, 0.05) is 12.1 Å². The van der Waals surface area contributed by atoms with E-state index in [1.165, 1.54) is 6.26 Å². The summed E-state index contributed by atoms with van der Waals surface area (Å²) in [5.74, 6) is 0.480. The van der Waals surface area contributed by atoms with Crippen LogP contribution in [0.25, 0.3) is 5.57 Å². The normalized spacial score (nSPS) is 18.5. The Bertz CT molecular complexity index is 560. The second-order valence-corrected chi connectivity index (χ2v) is 6.21. The van der Waals surface area contributed by atoms with Crippen molar-refractivity contribution >= 4 is 11.7 Å². The maximum absolute atomic E-state index is 12.3. The number of hydrogen-bond donors (Lipinski definition) is 1. The van der Waals surface area contributed by atoms with Gasteiger partial charge >= 0.3 is 6.09 Å². The molecule has 1 amide bonds. The van der Waals surface area contributed by atoms with Crippen molar-refractivity contribution in [1.82, 2.24) is 15.4 Å². The van der Waals surface area contributed by atoms with Crippen LogP contribution in [0.5, 0.6) is 0 Å². The summed E-state index contributed by atoms with van der Waals surface area (Å²) in [5, 5.41) is 0. The van der Waals surface area contributed by atoms with Gasteiger partial charge in [-0.3, -0.25) is 4.84 Å². The molecule has 2 heterocycles. The maximum Gasteiger partial charge on any atom is 0.410 e. The molecule has 1 aromatic rings. The van der Waals surface area contributed by atoms with E-state index < -0.39 is 5.60 Å². The van der Waals surface area contributed by atoms with Crippen LogP contribution in [0.3, 0.4) is 0 Å². The highest BCUT2D eigenvalue weighted by Crippen LogP contribution is 2.21. The van der Waals surface area contributed by atoms with Gasteiger partial charge < -0.3 is 14.1 Å². The first kappa shape index (κ1) is 17.2. The topological polar surface area (TPSA) is 76.8 Å². The lowest BCUT2D eigenvalue weighted by Crippen LogP contribution is -2.48. The lowest BCUT2D eigenvalue weighted by Gasteiger charge is -2.33. The fraction of sp³-hybridized carbons (Fsp3) is 0.500. The van der Waals surface area contributed by atoms with Crippen LogP contribution in [0.1, 0.15) is 26.7 Å².